The molecule has 2 heteroatoms. The van der Waals surface area contributed by atoms with Gasteiger partial charge in [-0.3, -0.25) is 4.79 Å². The fourth-order valence-electron chi connectivity index (χ4n) is 3.25. The Bertz CT molecular complexity index is 848. The number of fused-ring (bicyclic) bond motifs is 2. The van der Waals surface area contributed by atoms with Gasteiger partial charge in [-0.1, -0.05) is 60.7 Å². The SMILES string of the molecule is O=C1Cc2ccccc2N[C@@H]1Cc1cccc2ccccc12. The van der Waals surface area contributed by atoms with Crippen molar-refractivity contribution in [1.82, 2.24) is 0 Å². The Morgan fingerprint density at radius 3 is 2.64 bits per heavy atom. The molecular formula is C20H17NO. The molecule has 0 fully saturated rings. The van der Waals surface area contributed by atoms with Gasteiger partial charge in [0.2, 0.25) is 0 Å². The maximum Gasteiger partial charge on any atom is 0.159 e. The van der Waals surface area contributed by atoms with Crippen LogP contribution in [-0.2, 0) is 17.6 Å². The summed E-state index contributed by atoms with van der Waals surface area (Å²) in [4.78, 5) is 12.4. The van der Waals surface area contributed by atoms with Crippen LogP contribution in [0, 0.1) is 0 Å². The van der Waals surface area contributed by atoms with Crippen molar-refractivity contribution in [3.8, 4) is 0 Å². The first-order valence-corrected chi connectivity index (χ1v) is 7.65. The first-order chi connectivity index (χ1) is 10.8. The summed E-state index contributed by atoms with van der Waals surface area (Å²) in [7, 11) is 0. The van der Waals surface area contributed by atoms with Gasteiger partial charge in [-0.15, -0.1) is 0 Å². The Morgan fingerprint density at radius 1 is 0.909 bits per heavy atom. The topological polar surface area (TPSA) is 29.1 Å². The predicted octanol–water partition coefficient (Wildman–Crippen LogP) is 3.99. The number of rotatable bonds is 2. The summed E-state index contributed by atoms with van der Waals surface area (Å²) in [6, 6.07) is 22.6. The smallest absolute Gasteiger partial charge is 0.159 e. The summed E-state index contributed by atoms with van der Waals surface area (Å²) in [5.41, 5.74) is 3.41. The molecule has 1 heterocycles. The second-order valence-corrected chi connectivity index (χ2v) is 5.84. The van der Waals surface area contributed by atoms with Gasteiger partial charge in [0.15, 0.2) is 5.78 Å². The first-order valence-electron chi connectivity index (χ1n) is 7.65. The van der Waals surface area contributed by atoms with Gasteiger partial charge in [-0.25, -0.2) is 0 Å². The Hall–Kier alpha value is -2.61. The van der Waals surface area contributed by atoms with Gasteiger partial charge in [0.05, 0.1) is 6.04 Å². The lowest BCUT2D eigenvalue weighted by atomic mass is 9.91. The number of benzene rings is 3. The van der Waals surface area contributed by atoms with Crippen molar-refractivity contribution < 1.29 is 4.79 Å². The largest absolute Gasteiger partial charge is 0.375 e. The van der Waals surface area contributed by atoms with Crippen LogP contribution in [-0.4, -0.2) is 11.8 Å². The highest BCUT2D eigenvalue weighted by atomic mass is 16.1. The monoisotopic (exact) mass is 287 g/mol. The fourth-order valence-corrected chi connectivity index (χ4v) is 3.25. The lowest BCUT2D eigenvalue weighted by Crippen LogP contribution is -2.37. The van der Waals surface area contributed by atoms with Gasteiger partial charge in [0, 0.05) is 18.5 Å². The first kappa shape index (κ1) is 13.1. The van der Waals surface area contributed by atoms with Gasteiger partial charge < -0.3 is 5.32 Å². The second kappa shape index (κ2) is 5.30. The van der Waals surface area contributed by atoms with Crippen LogP contribution in [0.5, 0.6) is 0 Å². The van der Waals surface area contributed by atoms with Crippen molar-refractivity contribution in [1.29, 1.82) is 0 Å². The minimum Gasteiger partial charge on any atom is -0.375 e. The van der Waals surface area contributed by atoms with Crippen molar-refractivity contribution in [3.63, 3.8) is 0 Å². The summed E-state index contributed by atoms with van der Waals surface area (Å²) in [5.74, 6) is 0.270. The molecule has 0 bridgehead atoms. The minimum atomic E-state index is -0.138. The van der Waals surface area contributed by atoms with Crippen LogP contribution >= 0.6 is 0 Å². The molecule has 0 aromatic heterocycles. The van der Waals surface area contributed by atoms with Crippen LogP contribution in [0.4, 0.5) is 5.69 Å². The average molecular weight is 287 g/mol. The standard InChI is InChI=1S/C20H17NO/c22-20-13-16-7-2-4-11-18(16)21-19(20)12-15-9-5-8-14-6-1-3-10-17(14)15/h1-11,19,21H,12-13H2/t19-/m1/s1. The number of carbonyl (C=O) groups excluding carboxylic acids is 1. The number of hydrogen-bond acceptors (Lipinski definition) is 2. The van der Waals surface area contributed by atoms with E-state index in [9.17, 15) is 4.79 Å². The summed E-state index contributed by atoms with van der Waals surface area (Å²) in [6.45, 7) is 0. The summed E-state index contributed by atoms with van der Waals surface area (Å²) >= 11 is 0. The molecule has 4 rings (SSSR count). The van der Waals surface area contributed by atoms with Crippen LogP contribution in [0.2, 0.25) is 0 Å². The van der Waals surface area contributed by atoms with Crippen LogP contribution in [0.1, 0.15) is 11.1 Å². The second-order valence-electron chi connectivity index (χ2n) is 5.84. The number of hydrogen-bond donors (Lipinski definition) is 1. The van der Waals surface area contributed by atoms with Gasteiger partial charge in [-0.05, 0) is 28.0 Å². The number of carbonyl (C=O) groups is 1. The third-order valence-corrected chi connectivity index (χ3v) is 4.40. The van der Waals surface area contributed by atoms with E-state index in [2.05, 4.69) is 47.8 Å². The quantitative estimate of drug-likeness (QED) is 0.772. The van der Waals surface area contributed by atoms with Crippen molar-refractivity contribution in [3.05, 3.63) is 77.9 Å². The molecule has 0 saturated carbocycles. The molecule has 0 saturated heterocycles. The molecule has 1 N–H and O–H groups in total. The maximum absolute atomic E-state index is 12.4. The molecule has 0 spiro atoms. The number of para-hydroxylation sites is 1. The molecular weight excluding hydrogens is 270 g/mol. The Balaban J connectivity index is 1.67. The Labute approximate surface area is 129 Å². The zero-order chi connectivity index (χ0) is 14.9. The van der Waals surface area contributed by atoms with Crippen molar-refractivity contribution in [2.45, 2.75) is 18.9 Å². The minimum absolute atomic E-state index is 0.138. The molecule has 0 radical (unpaired) electrons. The molecule has 0 amide bonds. The van der Waals surface area contributed by atoms with E-state index in [1.807, 2.05) is 24.3 Å². The zero-order valence-electron chi connectivity index (χ0n) is 12.3. The van der Waals surface area contributed by atoms with Gasteiger partial charge >= 0.3 is 0 Å². The highest BCUT2D eigenvalue weighted by Crippen LogP contribution is 2.26. The summed E-state index contributed by atoms with van der Waals surface area (Å²) < 4.78 is 0. The van der Waals surface area contributed by atoms with E-state index in [4.69, 9.17) is 0 Å². The molecule has 1 aliphatic heterocycles. The van der Waals surface area contributed by atoms with Gasteiger partial charge in [0.1, 0.15) is 0 Å². The molecule has 2 nitrogen and oxygen atoms in total. The molecule has 108 valence electrons. The number of nitrogens with one attached hydrogen (secondary N) is 1. The summed E-state index contributed by atoms with van der Waals surface area (Å²) in [5, 5.41) is 5.87. The maximum atomic E-state index is 12.4. The molecule has 3 aromatic rings. The number of anilines is 1. The third kappa shape index (κ3) is 2.27. The molecule has 1 aliphatic rings. The highest BCUT2D eigenvalue weighted by molar-refractivity contribution is 5.94. The Kier molecular flexibility index (Phi) is 3.15. The van der Waals surface area contributed by atoms with Gasteiger partial charge in [0.25, 0.3) is 0 Å². The average Bonchev–Trinajstić information content (AvgIpc) is 2.56. The Morgan fingerprint density at radius 2 is 1.68 bits per heavy atom. The van der Waals surface area contributed by atoms with Crippen LogP contribution in [0.25, 0.3) is 10.8 Å². The van der Waals surface area contributed by atoms with Crippen molar-refractivity contribution in [2.75, 3.05) is 5.32 Å². The van der Waals surface area contributed by atoms with E-state index < -0.39 is 0 Å². The van der Waals surface area contributed by atoms with Crippen LogP contribution < -0.4 is 5.32 Å². The van der Waals surface area contributed by atoms with E-state index >= 15 is 0 Å². The molecule has 1 atom stereocenters. The lowest BCUT2D eigenvalue weighted by Gasteiger charge is -2.26. The highest BCUT2D eigenvalue weighted by Gasteiger charge is 2.25. The zero-order valence-corrected chi connectivity index (χ0v) is 12.3. The third-order valence-electron chi connectivity index (χ3n) is 4.40. The summed E-state index contributed by atoms with van der Waals surface area (Å²) in [6.07, 6.45) is 1.26. The fraction of sp³-hybridized carbons (Fsp3) is 0.150. The number of Topliss-reactive ketones (excluding diaryl/α,β-unsaturated/α-hetero) is 1. The van der Waals surface area contributed by atoms with E-state index in [1.54, 1.807) is 0 Å². The van der Waals surface area contributed by atoms with E-state index in [0.717, 1.165) is 17.7 Å². The van der Waals surface area contributed by atoms with Crippen molar-refractivity contribution in [2.24, 2.45) is 0 Å². The van der Waals surface area contributed by atoms with E-state index in [0.29, 0.717) is 6.42 Å². The van der Waals surface area contributed by atoms with Gasteiger partial charge in [-0.2, -0.15) is 0 Å². The van der Waals surface area contributed by atoms with Crippen molar-refractivity contribution >= 4 is 22.2 Å². The lowest BCUT2D eigenvalue weighted by molar-refractivity contribution is -0.119. The number of ketones is 1. The molecule has 22 heavy (non-hydrogen) atoms. The van der Waals surface area contributed by atoms with E-state index in [-0.39, 0.29) is 11.8 Å². The molecule has 0 aliphatic carbocycles. The van der Waals surface area contributed by atoms with Crippen LogP contribution in [0.15, 0.2) is 66.7 Å². The van der Waals surface area contributed by atoms with Crippen LogP contribution in [0.3, 0.4) is 0 Å². The predicted molar refractivity (Wildman–Crippen MR) is 90.2 cm³/mol. The van der Waals surface area contributed by atoms with E-state index in [1.165, 1.54) is 16.3 Å². The molecule has 0 unspecified atom stereocenters. The molecule has 3 aromatic carbocycles. The normalized spacial score (nSPS) is 17.1.